The van der Waals surface area contributed by atoms with E-state index in [0.29, 0.717) is 58.3 Å². The number of halogens is 1. The van der Waals surface area contributed by atoms with Crippen molar-refractivity contribution in [3.63, 3.8) is 0 Å². The zero-order chi connectivity index (χ0) is 17.5. The second-order valence-corrected chi connectivity index (χ2v) is 5.80. The van der Waals surface area contributed by atoms with Crippen LogP contribution in [-0.4, -0.2) is 58.6 Å². The van der Waals surface area contributed by atoms with Crippen molar-refractivity contribution in [1.29, 1.82) is 0 Å². The molecule has 132 valence electrons. The number of benzene rings is 1. The van der Waals surface area contributed by atoms with Gasteiger partial charge in [-0.25, -0.2) is 0 Å². The third-order valence-electron chi connectivity index (χ3n) is 2.78. The second kappa shape index (κ2) is 14.0. The van der Waals surface area contributed by atoms with E-state index in [9.17, 15) is 4.79 Å². The first kappa shape index (κ1) is 20.7. The average Bonchev–Trinajstić information content (AvgIpc) is 2.59. The van der Waals surface area contributed by atoms with Crippen molar-refractivity contribution in [3.05, 3.63) is 43.8 Å². The molecule has 1 aromatic rings. The van der Waals surface area contributed by atoms with Gasteiger partial charge in [-0.2, -0.15) is 0 Å². The molecule has 1 rings (SSSR count). The Hall–Kier alpha value is -1.39. The third kappa shape index (κ3) is 10.4. The fourth-order valence-corrected chi connectivity index (χ4v) is 1.99. The molecular formula is C15H21IN4O4. The highest BCUT2D eigenvalue weighted by Crippen LogP contribution is 2.06. The Labute approximate surface area is 154 Å². The van der Waals surface area contributed by atoms with Gasteiger partial charge in [-0.05, 0) is 52.4 Å². The minimum absolute atomic E-state index is 0.107. The van der Waals surface area contributed by atoms with E-state index >= 15 is 0 Å². The number of hydrogen-bond donors (Lipinski definition) is 1. The minimum atomic E-state index is -0.107. The van der Waals surface area contributed by atoms with E-state index in [1.807, 2.05) is 12.1 Å². The van der Waals surface area contributed by atoms with Crippen LogP contribution in [0.2, 0.25) is 0 Å². The molecule has 0 fully saturated rings. The maximum Gasteiger partial charge on any atom is 0.251 e. The second-order valence-electron chi connectivity index (χ2n) is 4.55. The van der Waals surface area contributed by atoms with Crippen molar-refractivity contribution in [2.24, 2.45) is 5.11 Å². The van der Waals surface area contributed by atoms with Crippen molar-refractivity contribution in [1.82, 2.24) is 5.32 Å². The van der Waals surface area contributed by atoms with Crippen LogP contribution in [0.4, 0.5) is 0 Å². The molecule has 0 bridgehead atoms. The van der Waals surface area contributed by atoms with Crippen molar-refractivity contribution in [2.45, 2.75) is 0 Å². The number of ether oxygens (including phenoxy) is 3. The zero-order valence-corrected chi connectivity index (χ0v) is 15.5. The molecule has 0 unspecified atom stereocenters. The lowest BCUT2D eigenvalue weighted by molar-refractivity contribution is 0.0166. The van der Waals surface area contributed by atoms with Gasteiger partial charge in [0.05, 0.1) is 39.6 Å². The van der Waals surface area contributed by atoms with Crippen LogP contribution in [-0.2, 0) is 14.2 Å². The molecule has 0 heterocycles. The summed E-state index contributed by atoms with van der Waals surface area (Å²) in [5, 5.41) is 6.14. The number of nitrogens with zero attached hydrogens (tertiary/aromatic N) is 3. The fourth-order valence-electron chi connectivity index (χ4n) is 1.63. The summed E-state index contributed by atoms with van der Waals surface area (Å²) in [5.41, 5.74) is 8.70. The lowest BCUT2D eigenvalue weighted by atomic mass is 10.2. The number of amides is 1. The van der Waals surface area contributed by atoms with E-state index in [2.05, 4.69) is 37.9 Å². The van der Waals surface area contributed by atoms with Gasteiger partial charge in [0, 0.05) is 27.1 Å². The molecule has 0 aliphatic heterocycles. The van der Waals surface area contributed by atoms with E-state index in [1.54, 1.807) is 12.1 Å². The van der Waals surface area contributed by atoms with E-state index in [0.717, 1.165) is 3.57 Å². The molecule has 1 N–H and O–H groups in total. The van der Waals surface area contributed by atoms with Gasteiger partial charge in [-0.3, -0.25) is 4.79 Å². The van der Waals surface area contributed by atoms with E-state index < -0.39 is 0 Å². The molecule has 1 aromatic carbocycles. The Morgan fingerprint density at radius 2 is 1.62 bits per heavy atom. The van der Waals surface area contributed by atoms with Crippen molar-refractivity contribution >= 4 is 28.5 Å². The number of hydrogen-bond acceptors (Lipinski definition) is 5. The fraction of sp³-hybridized carbons (Fsp3) is 0.533. The van der Waals surface area contributed by atoms with Gasteiger partial charge < -0.3 is 19.5 Å². The Balaban J connectivity index is 1.89. The van der Waals surface area contributed by atoms with Crippen molar-refractivity contribution in [3.8, 4) is 0 Å². The first-order valence-electron chi connectivity index (χ1n) is 7.52. The first-order valence-corrected chi connectivity index (χ1v) is 8.60. The lowest BCUT2D eigenvalue weighted by Gasteiger charge is -2.07. The molecule has 0 atom stereocenters. The number of carbonyl (C=O) groups excluding carboxylic acids is 1. The maximum absolute atomic E-state index is 11.8. The predicted octanol–water partition coefficient (Wildman–Crippen LogP) is 2.38. The number of azide groups is 1. The number of nitrogens with one attached hydrogen (secondary N) is 1. The molecule has 0 spiro atoms. The molecule has 0 radical (unpaired) electrons. The summed E-state index contributed by atoms with van der Waals surface area (Å²) in [4.78, 5) is 14.4. The van der Waals surface area contributed by atoms with Gasteiger partial charge in [-0.1, -0.05) is 5.11 Å². The molecule has 8 nitrogen and oxygen atoms in total. The summed E-state index contributed by atoms with van der Waals surface area (Å²) in [6, 6.07) is 7.37. The van der Waals surface area contributed by atoms with Crippen LogP contribution in [0.1, 0.15) is 10.4 Å². The van der Waals surface area contributed by atoms with E-state index in [4.69, 9.17) is 19.7 Å². The highest BCUT2D eigenvalue weighted by molar-refractivity contribution is 14.1. The van der Waals surface area contributed by atoms with Crippen LogP contribution in [0.25, 0.3) is 10.4 Å². The zero-order valence-electron chi connectivity index (χ0n) is 13.3. The first-order chi connectivity index (χ1) is 11.7. The molecule has 0 aromatic heterocycles. The summed E-state index contributed by atoms with van der Waals surface area (Å²) in [6.07, 6.45) is 0. The van der Waals surface area contributed by atoms with Crippen LogP contribution in [0, 0.1) is 3.57 Å². The molecular weight excluding hydrogens is 425 g/mol. The molecule has 0 aliphatic rings. The normalized spacial score (nSPS) is 10.2. The molecule has 0 saturated heterocycles. The average molecular weight is 446 g/mol. The lowest BCUT2D eigenvalue weighted by Crippen LogP contribution is -2.27. The van der Waals surface area contributed by atoms with Gasteiger partial charge in [0.25, 0.3) is 5.91 Å². The van der Waals surface area contributed by atoms with Gasteiger partial charge in [0.1, 0.15) is 0 Å². The van der Waals surface area contributed by atoms with Crippen molar-refractivity contribution < 1.29 is 19.0 Å². The molecule has 0 saturated carbocycles. The summed E-state index contributed by atoms with van der Waals surface area (Å²) in [5.74, 6) is -0.107. The monoisotopic (exact) mass is 446 g/mol. The standard InChI is InChI=1S/C15H21IN4O4/c16-14-3-1-13(2-4-14)15(21)18-5-7-22-9-11-24-12-10-23-8-6-19-20-17/h1-4H,5-12H2,(H,18,21)/i16-2. The van der Waals surface area contributed by atoms with E-state index in [1.165, 1.54) is 0 Å². The molecule has 24 heavy (non-hydrogen) atoms. The molecule has 0 aliphatic carbocycles. The Kier molecular flexibility index (Phi) is 12.0. The van der Waals surface area contributed by atoms with Crippen LogP contribution in [0.3, 0.4) is 0 Å². The minimum Gasteiger partial charge on any atom is -0.379 e. The predicted molar refractivity (Wildman–Crippen MR) is 98.0 cm³/mol. The van der Waals surface area contributed by atoms with Crippen molar-refractivity contribution in [2.75, 3.05) is 52.7 Å². The Morgan fingerprint density at radius 3 is 2.25 bits per heavy atom. The number of carbonyl (C=O) groups is 1. The van der Waals surface area contributed by atoms with Gasteiger partial charge >= 0.3 is 0 Å². The topological polar surface area (TPSA) is 106 Å². The SMILES string of the molecule is [N-]=[N+]=NCCOCCOCCOCCNC(=O)c1ccc([125I])cc1. The highest BCUT2D eigenvalue weighted by atomic mass is 125. The van der Waals surface area contributed by atoms with Gasteiger partial charge in [0.15, 0.2) is 0 Å². The van der Waals surface area contributed by atoms with Crippen LogP contribution in [0.15, 0.2) is 29.4 Å². The summed E-state index contributed by atoms with van der Waals surface area (Å²) in [7, 11) is 0. The van der Waals surface area contributed by atoms with Crippen LogP contribution < -0.4 is 5.32 Å². The Morgan fingerprint density at radius 1 is 1.04 bits per heavy atom. The quantitative estimate of drug-likeness (QED) is 0.165. The molecule has 1 amide bonds. The van der Waals surface area contributed by atoms with Gasteiger partial charge in [-0.15, -0.1) is 0 Å². The third-order valence-corrected chi connectivity index (χ3v) is 3.50. The summed E-state index contributed by atoms with van der Waals surface area (Å²) >= 11 is 2.19. The highest BCUT2D eigenvalue weighted by Gasteiger charge is 2.03. The van der Waals surface area contributed by atoms with Crippen LogP contribution >= 0.6 is 22.6 Å². The maximum atomic E-state index is 11.8. The summed E-state index contributed by atoms with van der Waals surface area (Å²) in [6.45, 7) is 3.44. The van der Waals surface area contributed by atoms with Crippen LogP contribution in [0.5, 0.6) is 0 Å². The Bertz CT molecular complexity index is 521. The number of rotatable bonds is 13. The summed E-state index contributed by atoms with van der Waals surface area (Å²) < 4.78 is 16.9. The molecule has 9 heteroatoms. The van der Waals surface area contributed by atoms with Gasteiger partial charge in [0.2, 0.25) is 0 Å². The largest absolute Gasteiger partial charge is 0.379 e. The smallest absolute Gasteiger partial charge is 0.251 e. The van der Waals surface area contributed by atoms with E-state index in [-0.39, 0.29) is 5.91 Å².